The van der Waals surface area contributed by atoms with Crippen molar-refractivity contribution in [2.75, 3.05) is 64.0 Å². The fraction of sp³-hybridized carbons (Fsp3) is 0.379. The summed E-state index contributed by atoms with van der Waals surface area (Å²) in [6, 6.07) is 10.3. The zero-order chi connectivity index (χ0) is 29.4. The number of hydrogen-bond donors (Lipinski definition) is 2. The Morgan fingerprint density at radius 3 is 2.69 bits per heavy atom. The lowest BCUT2D eigenvalue weighted by Gasteiger charge is -2.36. The molecular weight excluding hydrogens is 539 g/mol. The van der Waals surface area contributed by atoms with E-state index in [0.29, 0.717) is 54.5 Å². The van der Waals surface area contributed by atoms with E-state index >= 15 is 4.39 Å². The highest BCUT2D eigenvalue weighted by atomic mass is 19.1. The van der Waals surface area contributed by atoms with Crippen molar-refractivity contribution >= 4 is 34.1 Å². The number of rotatable bonds is 9. The molecule has 0 spiro atoms. The normalized spacial score (nSPS) is 15.2. The SMILES string of the molecule is CC(CN(C)C)NC(=O)c1ccc(N2CCN(CCn3ncc4c3nc(N)n3nc(-c5ccco5)cc43)CC2)c(F)c1. The number of nitrogens with two attached hydrogens (primary N) is 1. The number of carbonyl (C=O) groups is 1. The largest absolute Gasteiger partial charge is 0.463 e. The van der Waals surface area contributed by atoms with Crippen LogP contribution in [0.25, 0.3) is 28.0 Å². The van der Waals surface area contributed by atoms with E-state index in [2.05, 4.69) is 25.4 Å². The number of anilines is 2. The lowest BCUT2D eigenvalue weighted by molar-refractivity contribution is 0.0934. The first-order chi connectivity index (χ1) is 20.3. The van der Waals surface area contributed by atoms with Gasteiger partial charge < -0.3 is 25.3 Å². The summed E-state index contributed by atoms with van der Waals surface area (Å²) in [4.78, 5) is 23.5. The van der Waals surface area contributed by atoms with Gasteiger partial charge >= 0.3 is 0 Å². The van der Waals surface area contributed by atoms with Crippen LogP contribution in [0.3, 0.4) is 0 Å². The summed E-state index contributed by atoms with van der Waals surface area (Å²) in [5, 5.41) is 12.9. The van der Waals surface area contributed by atoms with Crippen molar-refractivity contribution in [2.24, 2.45) is 0 Å². The minimum absolute atomic E-state index is 0.0385. The third-order valence-corrected chi connectivity index (χ3v) is 7.58. The van der Waals surface area contributed by atoms with Crippen molar-refractivity contribution in [2.45, 2.75) is 19.5 Å². The fourth-order valence-corrected chi connectivity index (χ4v) is 5.54. The Bertz CT molecular complexity index is 1700. The van der Waals surface area contributed by atoms with Gasteiger partial charge in [-0.1, -0.05) is 0 Å². The molecule has 1 aromatic carbocycles. The Morgan fingerprint density at radius 2 is 1.98 bits per heavy atom. The molecule has 0 bridgehead atoms. The summed E-state index contributed by atoms with van der Waals surface area (Å²) >= 11 is 0. The number of carbonyl (C=O) groups excluding carboxylic acids is 1. The molecule has 0 aliphatic carbocycles. The van der Waals surface area contributed by atoms with Gasteiger partial charge in [0.2, 0.25) is 5.95 Å². The van der Waals surface area contributed by atoms with E-state index in [0.717, 1.165) is 30.5 Å². The topological polar surface area (TPSA) is 126 Å². The molecular formula is C29H35FN10O2. The smallest absolute Gasteiger partial charge is 0.251 e. The molecule has 1 atom stereocenters. The van der Waals surface area contributed by atoms with Gasteiger partial charge in [0, 0.05) is 50.9 Å². The number of nitrogen functional groups attached to an aromatic ring is 1. The van der Waals surface area contributed by atoms with E-state index in [1.54, 1.807) is 29.1 Å². The fourth-order valence-electron chi connectivity index (χ4n) is 5.54. The quantitative estimate of drug-likeness (QED) is 0.273. The molecule has 3 N–H and O–H groups in total. The average molecular weight is 575 g/mol. The Balaban J connectivity index is 1.07. The number of benzene rings is 1. The van der Waals surface area contributed by atoms with Crippen LogP contribution < -0.4 is 16.0 Å². The second kappa shape index (κ2) is 11.4. The molecule has 220 valence electrons. The molecule has 0 radical (unpaired) electrons. The summed E-state index contributed by atoms with van der Waals surface area (Å²) in [5.74, 6) is 0.280. The van der Waals surface area contributed by atoms with Gasteiger partial charge in [-0.25, -0.2) is 9.07 Å². The lowest BCUT2D eigenvalue weighted by atomic mass is 10.1. The van der Waals surface area contributed by atoms with Crippen LogP contribution in [0.4, 0.5) is 16.0 Å². The predicted octanol–water partition coefficient (Wildman–Crippen LogP) is 2.56. The second-order valence-corrected chi connectivity index (χ2v) is 11.0. The van der Waals surface area contributed by atoms with Gasteiger partial charge in [-0.15, -0.1) is 0 Å². The van der Waals surface area contributed by atoms with Gasteiger partial charge in [0.05, 0.1) is 35.6 Å². The maximum atomic E-state index is 15.1. The first-order valence-corrected chi connectivity index (χ1v) is 14.0. The molecule has 6 rings (SSSR count). The minimum atomic E-state index is -0.385. The number of likely N-dealkylation sites (N-methyl/N-ethyl adjacent to an activating group) is 1. The van der Waals surface area contributed by atoms with Crippen molar-refractivity contribution in [3.8, 4) is 11.5 Å². The van der Waals surface area contributed by atoms with Crippen LogP contribution in [0, 0.1) is 5.82 Å². The zero-order valence-electron chi connectivity index (χ0n) is 24.0. The summed E-state index contributed by atoms with van der Waals surface area (Å²) in [5.41, 5.74) is 9.29. The van der Waals surface area contributed by atoms with E-state index in [-0.39, 0.29) is 23.7 Å². The van der Waals surface area contributed by atoms with Crippen LogP contribution in [-0.4, -0.2) is 99.5 Å². The van der Waals surface area contributed by atoms with E-state index in [1.165, 1.54) is 6.07 Å². The predicted molar refractivity (Wildman–Crippen MR) is 159 cm³/mol. The van der Waals surface area contributed by atoms with Crippen LogP contribution in [0.15, 0.2) is 53.3 Å². The van der Waals surface area contributed by atoms with Crippen molar-refractivity contribution in [1.29, 1.82) is 0 Å². The standard InChI is InChI=1S/C29H35FN10O2/c1-19(18-36(2)3)33-28(41)20-6-7-24(22(30)15-20)38-11-8-37(9-12-38)10-13-39-27-21(17-32-39)25-16-23(26-5-4-14-42-26)35-40(25)29(31)34-27/h4-7,14-17,19H,8-13,18H2,1-3H3,(H2,31,34)(H,33,41). The molecule has 42 heavy (non-hydrogen) atoms. The molecule has 1 aliphatic heterocycles. The van der Waals surface area contributed by atoms with Gasteiger partial charge in [-0.05, 0) is 57.4 Å². The van der Waals surface area contributed by atoms with Crippen LogP contribution in [0.5, 0.6) is 0 Å². The Kier molecular flexibility index (Phi) is 7.52. The van der Waals surface area contributed by atoms with Gasteiger partial charge in [-0.3, -0.25) is 9.69 Å². The number of piperazine rings is 1. The third-order valence-electron chi connectivity index (χ3n) is 7.58. The molecule has 12 nitrogen and oxygen atoms in total. The average Bonchev–Trinajstić information content (AvgIpc) is 3.72. The highest BCUT2D eigenvalue weighted by molar-refractivity contribution is 5.95. The van der Waals surface area contributed by atoms with Crippen LogP contribution in [0.1, 0.15) is 17.3 Å². The van der Waals surface area contributed by atoms with Crippen molar-refractivity contribution in [3.05, 3.63) is 60.2 Å². The lowest BCUT2D eigenvalue weighted by Crippen LogP contribution is -2.47. The summed E-state index contributed by atoms with van der Waals surface area (Å²) < 4.78 is 24.0. The highest BCUT2D eigenvalue weighted by Gasteiger charge is 2.22. The molecule has 4 aromatic heterocycles. The van der Waals surface area contributed by atoms with Crippen molar-refractivity contribution in [1.82, 2.24) is 39.5 Å². The van der Waals surface area contributed by atoms with E-state index in [1.807, 2.05) is 53.7 Å². The first-order valence-electron chi connectivity index (χ1n) is 14.0. The number of halogens is 1. The van der Waals surface area contributed by atoms with Crippen molar-refractivity contribution < 1.29 is 13.6 Å². The van der Waals surface area contributed by atoms with Gasteiger partial charge in [0.15, 0.2) is 11.4 Å². The van der Waals surface area contributed by atoms with Crippen LogP contribution in [-0.2, 0) is 6.54 Å². The number of amides is 1. The molecule has 1 fully saturated rings. The molecule has 1 saturated heterocycles. The Labute approximate surface area is 242 Å². The molecule has 13 heteroatoms. The summed E-state index contributed by atoms with van der Waals surface area (Å²) in [6.07, 6.45) is 3.40. The number of nitrogens with one attached hydrogen (secondary N) is 1. The third kappa shape index (κ3) is 5.52. The summed E-state index contributed by atoms with van der Waals surface area (Å²) in [7, 11) is 3.89. The number of furan rings is 1. The maximum Gasteiger partial charge on any atom is 0.251 e. The first kappa shape index (κ1) is 27.7. The molecule has 0 saturated carbocycles. The molecule has 1 aliphatic rings. The zero-order valence-corrected chi connectivity index (χ0v) is 24.0. The van der Waals surface area contributed by atoms with E-state index < -0.39 is 0 Å². The number of hydrogen-bond acceptors (Lipinski definition) is 9. The molecule has 5 aromatic rings. The molecule has 1 amide bonds. The van der Waals surface area contributed by atoms with Crippen molar-refractivity contribution in [3.63, 3.8) is 0 Å². The number of aromatic nitrogens is 5. The van der Waals surface area contributed by atoms with E-state index in [4.69, 9.17) is 10.2 Å². The molecule has 1 unspecified atom stereocenters. The van der Waals surface area contributed by atoms with Gasteiger partial charge in [0.25, 0.3) is 5.91 Å². The molecule has 5 heterocycles. The number of fused-ring (bicyclic) bond motifs is 3. The Morgan fingerprint density at radius 1 is 1.17 bits per heavy atom. The highest BCUT2D eigenvalue weighted by Crippen LogP contribution is 2.27. The van der Waals surface area contributed by atoms with Crippen LogP contribution in [0.2, 0.25) is 0 Å². The van der Waals surface area contributed by atoms with Gasteiger partial charge in [0.1, 0.15) is 11.5 Å². The summed E-state index contributed by atoms with van der Waals surface area (Å²) in [6.45, 7) is 6.95. The van der Waals surface area contributed by atoms with E-state index in [9.17, 15) is 4.79 Å². The van der Waals surface area contributed by atoms with Gasteiger partial charge in [-0.2, -0.15) is 19.7 Å². The minimum Gasteiger partial charge on any atom is -0.463 e. The second-order valence-electron chi connectivity index (χ2n) is 11.0. The number of nitrogens with zero attached hydrogens (tertiary/aromatic N) is 8. The maximum absolute atomic E-state index is 15.1. The van der Waals surface area contributed by atoms with Crippen LogP contribution >= 0.6 is 0 Å². The Hall–Kier alpha value is -4.49. The monoisotopic (exact) mass is 574 g/mol.